The largest absolute Gasteiger partial charge is 0.495 e. The fraction of sp³-hybridized carbons (Fsp3) is 0.467. The average Bonchev–Trinajstić information content (AvgIpc) is 3.12. The van der Waals surface area contributed by atoms with Gasteiger partial charge in [-0.2, -0.15) is 0 Å². The number of carbonyl (C=O) groups excluding carboxylic acids is 1. The molecule has 2 unspecified atom stereocenters. The summed E-state index contributed by atoms with van der Waals surface area (Å²) in [6.45, 7) is 0. The molecular weight excluding hydrogens is 270 g/mol. The molecule has 6 nitrogen and oxygen atoms in total. The molecule has 1 aromatic carbocycles. The lowest BCUT2D eigenvalue weighted by molar-refractivity contribution is -0.120. The van der Waals surface area contributed by atoms with Crippen LogP contribution in [-0.4, -0.2) is 24.1 Å². The average molecular weight is 289 g/mol. The first-order valence-corrected chi connectivity index (χ1v) is 7.09. The lowest BCUT2D eigenvalue weighted by Crippen LogP contribution is -2.22. The second-order valence-electron chi connectivity index (χ2n) is 5.81. The van der Waals surface area contributed by atoms with E-state index in [0.29, 0.717) is 17.0 Å². The van der Waals surface area contributed by atoms with Crippen molar-refractivity contribution in [2.75, 3.05) is 12.4 Å². The molecule has 112 valence electrons. The summed E-state index contributed by atoms with van der Waals surface area (Å²) in [5.41, 5.74) is 6.69. The number of hydrogen-bond donors (Lipinski definition) is 3. The van der Waals surface area contributed by atoms with Gasteiger partial charge in [0, 0.05) is 11.5 Å². The monoisotopic (exact) mass is 289 g/mol. The Morgan fingerprint density at radius 1 is 1.38 bits per heavy atom. The van der Waals surface area contributed by atoms with Crippen LogP contribution in [0.3, 0.4) is 0 Å². The summed E-state index contributed by atoms with van der Waals surface area (Å²) in [5, 5.41) is 14.6. The fourth-order valence-corrected chi connectivity index (χ4v) is 3.18. The number of anilines is 1. The van der Waals surface area contributed by atoms with E-state index in [1.807, 2.05) is 0 Å². The van der Waals surface area contributed by atoms with Crippen LogP contribution in [-0.2, 0) is 4.79 Å². The minimum absolute atomic E-state index is 0.00190. The van der Waals surface area contributed by atoms with Crippen LogP contribution in [0, 0.1) is 17.8 Å². The van der Waals surface area contributed by atoms with Crippen LogP contribution in [0.4, 0.5) is 5.69 Å². The molecule has 1 aromatic rings. The number of amides is 1. The Morgan fingerprint density at radius 2 is 2.10 bits per heavy atom. The van der Waals surface area contributed by atoms with Gasteiger partial charge in [-0.15, -0.1) is 0 Å². The summed E-state index contributed by atoms with van der Waals surface area (Å²) in [4.78, 5) is 12.3. The van der Waals surface area contributed by atoms with Crippen molar-refractivity contribution in [3.8, 4) is 5.75 Å². The molecular formula is C15H19N3O3. The van der Waals surface area contributed by atoms with Gasteiger partial charge in [0.25, 0.3) is 0 Å². The van der Waals surface area contributed by atoms with Gasteiger partial charge in [0.1, 0.15) is 5.75 Å². The standard InChI is InChI=1S/C15H19N3O3/c1-21-13-7-8(14(16)18-20)2-3-12(13)17-15(19)11-5-9-4-10(9)6-11/h2-3,7,9-11,20H,4-6H2,1H3,(H2,16,18)(H,17,19). The van der Waals surface area contributed by atoms with Crippen molar-refractivity contribution < 1.29 is 14.7 Å². The van der Waals surface area contributed by atoms with E-state index in [4.69, 9.17) is 15.7 Å². The smallest absolute Gasteiger partial charge is 0.227 e. The van der Waals surface area contributed by atoms with E-state index in [1.165, 1.54) is 13.5 Å². The third-order valence-electron chi connectivity index (χ3n) is 4.48. The van der Waals surface area contributed by atoms with Crippen molar-refractivity contribution in [3.63, 3.8) is 0 Å². The number of fused-ring (bicyclic) bond motifs is 1. The molecule has 2 atom stereocenters. The predicted molar refractivity (Wildman–Crippen MR) is 78.5 cm³/mol. The van der Waals surface area contributed by atoms with Gasteiger partial charge in [-0.25, -0.2) is 0 Å². The number of nitrogens with two attached hydrogens (primary N) is 1. The van der Waals surface area contributed by atoms with E-state index in [2.05, 4.69) is 10.5 Å². The number of ether oxygens (including phenoxy) is 1. The van der Waals surface area contributed by atoms with E-state index in [0.717, 1.165) is 24.7 Å². The number of oxime groups is 1. The van der Waals surface area contributed by atoms with Gasteiger partial charge in [-0.05, 0) is 49.3 Å². The summed E-state index contributed by atoms with van der Waals surface area (Å²) in [5.74, 6) is 2.20. The van der Waals surface area contributed by atoms with Gasteiger partial charge in [0.15, 0.2) is 5.84 Å². The minimum atomic E-state index is 0.00190. The van der Waals surface area contributed by atoms with Gasteiger partial charge in [0.2, 0.25) is 5.91 Å². The SMILES string of the molecule is COc1cc(/C(N)=N/O)ccc1NC(=O)C1CC2CC2C1. The highest BCUT2D eigenvalue weighted by molar-refractivity contribution is 5.99. The van der Waals surface area contributed by atoms with E-state index < -0.39 is 0 Å². The maximum absolute atomic E-state index is 12.3. The van der Waals surface area contributed by atoms with Gasteiger partial charge >= 0.3 is 0 Å². The lowest BCUT2D eigenvalue weighted by Gasteiger charge is -2.15. The molecule has 0 bridgehead atoms. The molecule has 2 aliphatic rings. The topological polar surface area (TPSA) is 96.9 Å². The first-order valence-electron chi connectivity index (χ1n) is 7.09. The molecule has 6 heteroatoms. The summed E-state index contributed by atoms with van der Waals surface area (Å²) >= 11 is 0. The van der Waals surface area contributed by atoms with E-state index >= 15 is 0 Å². The molecule has 1 amide bonds. The third-order valence-corrected chi connectivity index (χ3v) is 4.48. The van der Waals surface area contributed by atoms with Crippen LogP contribution in [0.1, 0.15) is 24.8 Å². The number of benzene rings is 1. The quantitative estimate of drug-likeness (QED) is 0.340. The second-order valence-corrected chi connectivity index (χ2v) is 5.81. The lowest BCUT2D eigenvalue weighted by atomic mass is 10.0. The fourth-order valence-electron chi connectivity index (χ4n) is 3.18. The number of nitrogens with zero attached hydrogens (tertiary/aromatic N) is 1. The van der Waals surface area contributed by atoms with Crippen molar-refractivity contribution in [2.24, 2.45) is 28.6 Å². The van der Waals surface area contributed by atoms with Crippen molar-refractivity contribution in [2.45, 2.75) is 19.3 Å². The van der Waals surface area contributed by atoms with Gasteiger partial charge in [-0.3, -0.25) is 4.79 Å². The van der Waals surface area contributed by atoms with Crippen LogP contribution < -0.4 is 15.8 Å². The van der Waals surface area contributed by atoms with Crippen LogP contribution in [0.2, 0.25) is 0 Å². The Hall–Kier alpha value is -2.24. The van der Waals surface area contributed by atoms with Gasteiger partial charge < -0.3 is 21.0 Å². The Bertz CT molecular complexity index is 590. The van der Waals surface area contributed by atoms with Gasteiger partial charge in [0.05, 0.1) is 12.8 Å². The molecule has 2 aliphatic carbocycles. The number of rotatable bonds is 4. The van der Waals surface area contributed by atoms with Crippen LogP contribution >= 0.6 is 0 Å². The molecule has 2 fully saturated rings. The number of carbonyl (C=O) groups is 1. The summed E-state index contributed by atoms with van der Waals surface area (Å²) in [6.07, 6.45) is 3.30. The Balaban J connectivity index is 1.73. The number of methoxy groups -OCH3 is 1. The molecule has 0 saturated heterocycles. The zero-order valence-electron chi connectivity index (χ0n) is 11.9. The normalized spacial score (nSPS) is 27.1. The van der Waals surface area contributed by atoms with Gasteiger partial charge in [-0.1, -0.05) is 5.16 Å². The highest BCUT2D eigenvalue weighted by atomic mass is 16.5. The first kappa shape index (κ1) is 13.7. The molecule has 3 rings (SSSR count). The number of hydrogen-bond acceptors (Lipinski definition) is 4. The summed E-state index contributed by atoms with van der Waals surface area (Å²) < 4.78 is 5.27. The number of amidine groups is 1. The van der Waals surface area contributed by atoms with E-state index in [1.54, 1.807) is 18.2 Å². The maximum Gasteiger partial charge on any atom is 0.227 e. The van der Waals surface area contributed by atoms with Crippen LogP contribution in [0.5, 0.6) is 5.75 Å². The third kappa shape index (κ3) is 2.66. The van der Waals surface area contributed by atoms with Crippen molar-refractivity contribution >= 4 is 17.4 Å². The second kappa shape index (κ2) is 5.27. The molecule has 0 heterocycles. The van der Waals surface area contributed by atoms with E-state index in [9.17, 15) is 4.79 Å². The Kier molecular flexibility index (Phi) is 3.45. The van der Waals surface area contributed by atoms with Crippen LogP contribution in [0.15, 0.2) is 23.4 Å². The molecule has 0 radical (unpaired) electrons. The molecule has 0 spiro atoms. The van der Waals surface area contributed by atoms with Crippen molar-refractivity contribution in [1.29, 1.82) is 0 Å². The molecule has 21 heavy (non-hydrogen) atoms. The predicted octanol–water partition coefficient (Wildman–Crippen LogP) is 1.77. The minimum Gasteiger partial charge on any atom is -0.495 e. The summed E-state index contributed by atoms with van der Waals surface area (Å²) in [7, 11) is 1.52. The molecule has 2 saturated carbocycles. The maximum atomic E-state index is 12.3. The molecule has 0 aromatic heterocycles. The van der Waals surface area contributed by atoms with Crippen molar-refractivity contribution in [1.82, 2.24) is 0 Å². The molecule has 4 N–H and O–H groups in total. The van der Waals surface area contributed by atoms with E-state index in [-0.39, 0.29) is 17.7 Å². The zero-order chi connectivity index (χ0) is 15.0. The van der Waals surface area contributed by atoms with Crippen LogP contribution in [0.25, 0.3) is 0 Å². The van der Waals surface area contributed by atoms with Crippen molar-refractivity contribution in [3.05, 3.63) is 23.8 Å². The summed E-state index contributed by atoms with van der Waals surface area (Å²) in [6, 6.07) is 5.02. The highest BCUT2D eigenvalue weighted by Gasteiger charge is 2.48. The highest BCUT2D eigenvalue weighted by Crippen LogP contribution is 2.54. The Morgan fingerprint density at radius 3 is 2.71 bits per heavy atom. The molecule has 0 aliphatic heterocycles. The first-order chi connectivity index (χ1) is 10.1. The number of nitrogens with one attached hydrogen (secondary N) is 1. The zero-order valence-corrected chi connectivity index (χ0v) is 11.9. The Labute approximate surface area is 123 Å².